The largest absolute Gasteiger partial charge is 0.280 e. The molecule has 0 atom stereocenters. The average molecular weight is 251 g/mol. The molecule has 0 saturated heterocycles. The van der Waals surface area contributed by atoms with Crippen LogP contribution in [0.25, 0.3) is 0 Å². The Morgan fingerprint density at radius 2 is 2.00 bits per heavy atom. The molecule has 4 heteroatoms. The van der Waals surface area contributed by atoms with E-state index in [1.165, 1.54) is 6.08 Å². The first-order valence-electron chi connectivity index (χ1n) is 5.50. The minimum atomic E-state index is -3.49. The van der Waals surface area contributed by atoms with Gasteiger partial charge in [-0.15, -0.1) is 0 Å². The zero-order chi connectivity index (χ0) is 12.7. The molecule has 3 nitrogen and oxygen atoms in total. The fourth-order valence-electron chi connectivity index (χ4n) is 1.28. The van der Waals surface area contributed by atoms with Gasteiger partial charge in [-0.05, 0) is 24.6 Å². The Bertz CT molecular complexity index is 489. The van der Waals surface area contributed by atoms with Crippen LogP contribution in [0, 0.1) is 0 Å². The highest BCUT2D eigenvalue weighted by Gasteiger charge is 2.12. The van der Waals surface area contributed by atoms with E-state index in [9.17, 15) is 8.42 Å². The van der Waals surface area contributed by atoms with E-state index in [0.717, 1.165) is 12.8 Å². The first-order chi connectivity index (χ1) is 8.10. The van der Waals surface area contributed by atoms with E-state index >= 15 is 0 Å². The maximum Gasteiger partial charge on any atom is 0.261 e. The Morgan fingerprint density at radius 1 is 1.35 bits per heavy atom. The predicted molar refractivity (Wildman–Crippen MR) is 70.0 cm³/mol. The van der Waals surface area contributed by atoms with Crippen molar-refractivity contribution in [3.63, 3.8) is 0 Å². The van der Waals surface area contributed by atoms with Crippen molar-refractivity contribution < 1.29 is 8.42 Å². The quantitative estimate of drug-likeness (QED) is 0.790. The molecule has 1 rings (SSSR count). The molecule has 0 spiro atoms. The molecular formula is C13H17NO2S. The molecule has 0 fully saturated rings. The minimum Gasteiger partial charge on any atom is -0.280 e. The van der Waals surface area contributed by atoms with Gasteiger partial charge in [-0.3, -0.25) is 4.72 Å². The molecule has 0 heterocycles. The number of hydrogen-bond acceptors (Lipinski definition) is 2. The third-order valence-corrected chi connectivity index (χ3v) is 3.58. The van der Waals surface area contributed by atoms with Crippen LogP contribution in [0.3, 0.4) is 0 Å². The fourth-order valence-corrected chi connectivity index (χ4v) is 2.39. The summed E-state index contributed by atoms with van der Waals surface area (Å²) in [5.74, 6) is 0. The SMILES string of the molecule is C=CC(=CCCC)NS(=O)(=O)c1ccccc1. The van der Waals surface area contributed by atoms with E-state index in [1.54, 1.807) is 30.3 Å². The smallest absolute Gasteiger partial charge is 0.261 e. The summed E-state index contributed by atoms with van der Waals surface area (Å²) in [6, 6.07) is 8.28. The lowest BCUT2D eigenvalue weighted by molar-refractivity contribution is 0.589. The lowest BCUT2D eigenvalue weighted by Crippen LogP contribution is -2.22. The highest BCUT2D eigenvalue weighted by molar-refractivity contribution is 7.89. The van der Waals surface area contributed by atoms with E-state index in [1.807, 2.05) is 13.0 Å². The second-order valence-corrected chi connectivity index (χ2v) is 5.25. The molecule has 92 valence electrons. The summed E-state index contributed by atoms with van der Waals surface area (Å²) < 4.78 is 26.4. The van der Waals surface area contributed by atoms with Gasteiger partial charge >= 0.3 is 0 Å². The number of hydrogen-bond donors (Lipinski definition) is 1. The van der Waals surface area contributed by atoms with Gasteiger partial charge in [-0.25, -0.2) is 8.42 Å². The lowest BCUT2D eigenvalue weighted by atomic mass is 10.3. The second kappa shape index (κ2) is 6.25. The molecule has 0 aliphatic carbocycles. The summed E-state index contributed by atoms with van der Waals surface area (Å²) in [4.78, 5) is 0.254. The predicted octanol–water partition coefficient (Wildman–Crippen LogP) is 2.83. The van der Waals surface area contributed by atoms with E-state index < -0.39 is 10.0 Å². The maximum atomic E-state index is 12.0. The molecule has 0 unspecified atom stereocenters. The second-order valence-electron chi connectivity index (χ2n) is 3.57. The van der Waals surface area contributed by atoms with Gasteiger partial charge in [0.25, 0.3) is 10.0 Å². The van der Waals surface area contributed by atoms with E-state index in [-0.39, 0.29) is 4.90 Å². The third-order valence-electron chi connectivity index (χ3n) is 2.18. The summed E-state index contributed by atoms with van der Waals surface area (Å²) in [6.07, 6.45) is 5.12. The Balaban J connectivity index is 2.90. The van der Waals surface area contributed by atoms with Crippen molar-refractivity contribution >= 4 is 10.0 Å². The van der Waals surface area contributed by atoms with E-state index in [4.69, 9.17) is 0 Å². The van der Waals surface area contributed by atoms with Crippen LogP contribution < -0.4 is 4.72 Å². The van der Waals surface area contributed by atoms with E-state index in [2.05, 4.69) is 11.3 Å². The van der Waals surface area contributed by atoms with Crippen molar-refractivity contribution in [3.05, 3.63) is 54.8 Å². The molecule has 1 aromatic rings. The van der Waals surface area contributed by atoms with Crippen LogP contribution in [0.1, 0.15) is 19.8 Å². The topological polar surface area (TPSA) is 46.2 Å². The molecular weight excluding hydrogens is 234 g/mol. The van der Waals surface area contributed by atoms with Crippen LogP contribution in [-0.2, 0) is 10.0 Å². The summed E-state index contributed by atoms with van der Waals surface area (Å²) in [7, 11) is -3.49. The van der Waals surface area contributed by atoms with Crippen molar-refractivity contribution in [2.24, 2.45) is 0 Å². The van der Waals surface area contributed by atoms with Crippen LogP contribution in [0.2, 0.25) is 0 Å². The number of rotatable bonds is 6. The van der Waals surface area contributed by atoms with Gasteiger partial charge in [0.1, 0.15) is 0 Å². The molecule has 0 amide bonds. The average Bonchev–Trinajstić information content (AvgIpc) is 2.35. The van der Waals surface area contributed by atoms with Crippen molar-refractivity contribution in [1.29, 1.82) is 0 Å². The first-order valence-corrected chi connectivity index (χ1v) is 6.99. The summed E-state index contributed by atoms with van der Waals surface area (Å²) in [6.45, 7) is 5.63. The molecule has 0 saturated carbocycles. The van der Waals surface area contributed by atoms with Crippen molar-refractivity contribution in [1.82, 2.24) is 4.72 Å². The molecule has 0 aliphatic heterocycles. The third kappa shape index (κ3) is 4.07. The Labute approximate surface area is 103 Å². The van der Waals surface area contributed by atoms with Crippen molar-refractivity contribution in [2.75, 3.05) is 0 Å². The van der Waals surface area contributed by atoms with Crippen molar-refractivity contribution in [3.8, 4) is 0 Å². The normalized spacial score (nSPS) is 12.2. The standard InChI is InChI=1S/C13H17NO2S/c1-3-5-9-12(4-2)14-17(15,16)13-10-7-6-8-11-13/h4,6-11,14H,2-3,5H2,1H3. The summed E-state index contributed by atoms with van der Waals surface area (Å²) in [5.41, 5.74) is 0.524. The molecule has 1 aromatic carbocycles. The monoisotopic (exact) mass is 251 g/mol. The number of nitrogens with one attached hydrogen (secondary N) is 1. The molecule has 0 aromatic heterocycles. The fraction of sp³-hybridized carbons (Fsp3) is 0.231. The zero-order valence-electron chi connectivity index (χ0n) is 9.89. The Morgan fingerprint density at radius 3 is 2.53 bits per heavy atom. The highest BCUT2D eigenvalue weighted by Crippen LogP contribution is 2.09. The van der Waals surface area contributed by atoms with Gasteiger partial charge in [-0.1, -0.05) is 44.2 Å². The molecule has 0 aliphatic rings. The molecule has 0 radical (unpaired) electrons. The Hall–Kier alpha value is -1.55. The minimum absolute atomic E-state index is 0.254. The van der Waals surface area contributed by atoms with Gasteiger partial charge in [0.05, 0.1) is 4.90 Å². The summed E-state index contributed by atoms with van der Waals surface area (Å²) >= 11 is 0. The van der Waals surface area contributed by atoms with Crippen LogP contribution >= 0.6 is 0 Å². The summed E-state index contributed by atoms with van der Waals surface area (Å²) in [5, 5.41) is 0. The molecule has 17 heavy (non-hydrogen) atoms. The first kappa shape index (κ1) is 13.5. The highest BCUT2D eigenvalue weighted by atomic mass is 32.2. The maximum absolute atomic E-state index is 12.0. The Kier molecular flexibility index (Phi) is 4.97. The lowest BCUT2D eigenvalue weighted by Gasteiger charge is -2.08. The zero-order valence-corrected chi connectivity index (χ0v) is 10.7. The number of sulfonamides is 1. The van der Waals surface area contributed by atoms with Crippen molar-refractivity contribution in [2.45, 2.75) is 24.7 Å². The van der Waals surface area contributed by atoms with Crippen LogP contribution in [0.4, 0.5) is 0 Å². The van der Waals surface area contributed by atoms with Gasteiger partial charge < -0.3 is 0 Å². The van der Waals surface area contributed by atoms with Gasteiger partial charge in [-0.2, -0.15) is 0 Å². The molecule has 1 N–H and O–H groups in total. The van der Waals surface area contributed by atoms with Gasteiger partial charge in [0.15, 0.2) is 0 Å². The van der Waals surface area contributed by atoms with Crippen LogP contribution in [0.15, 0.2) is 59.7 Å². The molecule has 0 bridgehead atoms. The van der Waals surface area contributed by atoms with Gasteiger partial charge in [0, 0.05) is 5.70 Å². The van der Waals surface area contributed by atoms with Crippen LogP contribution in [0.5, 0.6) is 0 Å². The number of allylic oxidation sites excluding steroid dienone is 2. The van der Waals surface area contributed by atoms with E-state index in [0.29, 0.717) is 5.70 Å². The van der Waals surface area contributed by atoms with Gasteiger partial charge in [0.2, 0.25) is 0 Å². The van der Waals surface area contributed by atoms with Crippen LogP contribution in [-0.4, -0.2) is 8.42 Å². The number of unbranched alkanes of at least 4 members (excludes halogenated alkanes) is 1. The number of benzene rings is 1.